The number of pyridine rings is 1. The molecule has 1 aromatic carbocycles. The van der Waals surface area contributed by atoms with Crippen LogP contribution in [-0.4, -0.2) is 59.0 Å². The van der Waals surface area contributed by atoms with Crippen molar-refractivity contribution in [3.8, 4) is 17.3 Å². The number of H-pyrrole nitrogens is 1. The third kappa shape index (κ3) is 4.93. The van der Waals surface area contributed by atoms with E-state index in [1.54, 1.807) is 18.2 Å². The predicted octanol–water partition coefficient (Wildman–Crippen LogP) is 4.55. The van der Waals surface area contributed by atoms with E-state index in [0.717, 1.165) is 30.4 Å². The topological polar surface area (TPSA) is 100 Å². The van der Waals surface area contributed by atoms with E-state index >= 15 is 0 Å². The Balaban J connectivity index is 1.29. The number of aryl methyl sites for hydroxylation is 2. The minimum absolute atomic E-state index is 0.0712. The van der Waals surface area contributed by atoms with Crippen molar-refractivity contribution in [2.75, 3.05) is 18.4 Å². The summed E-state index contributed by atoms with van der Waals surface area (Å²) in [5.74, 6) is -0.753. The molecular weight excluding hydrogens is 483 g/mol. The average molecular weight is 510 g/mol. The van der Waals surface area contributed by atoms with Crippen LogP contribution in [-0.2, 0) is 19.0 Å². The number of halogens is 3. The van der Waals surface area contributed by atoms with Gasteiger partial charge in [0.1, 0.15) is 12.0 Å². The quantitative estimate of drug-likeness (QED) is 0.381. The van der Waals surface area contributed by atoms with E-state index in [2.05, 4.69) is 46.5 Å². The number of fused-ring (bicyclic) bond motifs is 1. The number of aromatic amines is 1. The van der Waals surface area contributed by atoms with Gasteiger partial charge in [-0.3, -0.25) is 5.10 Å². The van der Waals surface area contributed by atoms with E-state index in [1.165, 1.54) is 43.4 Å². The van der Waals surface area contributed by atoms with Crippen LogP contribution >= 0.6 is 0 Å². The summed E-state index contributed by atoms with van der Waals surface area (Å²) < 4.78 is 41.7. The normalized spacial score (nSPS) is 18.5. The highest BCUT2D eigenvalue weighted by Gasteiger charge is 2.37. The third-order valence-corrected chi connectivity index (χ3v) is 7.08. The molecule has 2 N–H and O–H groups in total. The smallest absolute Gasteiger partial charge is 0.324 e. The van der Waals surface area contributed by atoms with Gasteiger partial charge in [-0.1, -0.05) is 12.1 Å². The predicted molar refractivity (Wildman–Crippen MR) is 130 cm³/mol. The summed E-state index contributed by atoms with van der Waals surface area (Å²) in [4.78, 5) is 14.9. The van der Waals surface area contributed by atoms with Gasteiger partial charge in [-0.15, -0.1) is 5.10 Å². The first-order valence-electron chi connectivity index (χ1n) is 12.4. The molecule has 6 rings (SSSR count). The summed E-state index contributed by atoms with van der Waals surface area (Å²) in [7, 11) is 0. The highest BCUT2D eigenvalue weighted by Crippen LogP contribution is 2.31. The Labute approximate surface area is 211 Å². The van der Waals surface area contributed by atoms with Gasteiger partial charge in [0.25, 0.3) is 5.82 Å². The number of aromatic nitrogens is 7. The van der Waals surface area contributed by atoms with Crippen LogP contribution in [0.3, 0.4) is 0 Å². The second-order valence-electron chi connectivity index (χ2n) is 9.47. The molecule has 9 nitrogen and oxygen atoms in total. The molecular formula is C25H26F3N9. The van der Waals surface area contributed by atoms with Crippen molar-refractivity contribution in [2.24, 2.45) is 0 Å². The van der Waals surface area contributed by atoms with Crippen molar-refractivity contribution in [1.82, 2.24) is 39.8 Å². The zero-order valence-electron chi connectivity index (χ0n) is 20.0. The first kappa shape index (κ1) is 23.6. The van der Waals surface area contributed by atoms with E-state index in [4.69, 9.17) is 0 Å². The van der Waals surface area contributed by atoms with Gasteiger partial charge in [-0.25, -0.2) is 9.97 Å². The van der Waals surface area contributed by atoms with Crippen LogP contribution < -0.4 is 5.32 Å². The Morgan fingerprint density at radius 2 is 1.78 bits per heavy atom. The van der Waals surface area contributed by atoms with Crippen LogP contribution in [0.4, 0.5) is 24.8 Å². The molecule has 192 valence electrons. The standard InChI is InChI=1S/C25H26F3N9/c26-25(27,28)23-33-24(37(35-23)21-5-3-4-20(32-21)22-29-15-30-34-22)31-18-9-6-16-7-10-19(11-8-17(16)14-18)36-12-1-2-13-36/h3-6,9,14-15,19H,1-2,7-8,10-13H2,(H,29,30,34)(H,31,33,35). The van der Waals surface area contributed by atoms with E-state index in [1.807, 2.05) is 12.1 Å². The van der Waals surface area contributed by atoms with Crippen molar-refractivity contribution >= 4 is 11.6 Å². The van der Waals surface area contributed by atoms with Gasteiger partial charge in [-0.2, -0.15) is 27.9 Å². The van der Waals surface area contributed by atoms with Gasteiger partial charge in [0, 0.05) is 11.7 Å². The number of hydrogen-bond acceptors (Lipinski definition) is 7. The molecule has 4 heterocycles. The van der Waals surface area contributed by atoms with Crippen LogP contribution in [0, 0.1) is 0 Å². The largest absolute Gasteiger partial charge is 0.453 e. The first-order chi connectivity index (χ1) is 17.9. The number of nitrogens with zero attached hydrogens (tertiary/aromatic N) is 7. The summed E-state index contributed by atoms with van der Waals surface area (Å²) in [6.07, 6.45) is 3.33. The Morgan fingerprint density at radius 1 is 0.973 bits per heavy atom. The van der Waals surface area contributed by atoms with E-state index in [9.17, 15) is 13.2 Å². The van der Waals surface area contributed by atoms with Gasteiger partial charge in [0.2, 0.25) is 5.95 Å². The highest BCUT2D eigenvalue weighted by atomic mass is 19.4. The molecule has 1 saturated heterocycles. The number of benzene rings is 1. The fourth-order valence-electron chi connectivity index (χ4n) is 5.24. The summed E-state index contributed by atoms with van der Waals surface area (Å²) in [5, 5.41) is 13.3. The number of rotatable bonds is 5. The maximum atomic E-state index is 13.6. The molecule has 1 atom stereocenters. The lowest BCUT2D eigenvalue weighted by Gasteiger charge is -2.25. The van der Waals surface area contributed by atoms with Crippen molar-refractivity contribution in [1.29, 1.82) is 0 Å². The Morgan fingerprint density at radius 3 is 2.54 bits per heavy atom. The molecule has 12 heteroatoms. The molecule has 3 aromatic heterocycles. The lowest BCUT2D eigenvalue weighted by molar-refractivity contribution is -0.144. The summed E-state index contributed by atoms with van der Waals surface area (Å²) >= 11 is 0. The SMILES string of the molecule is FC(F)(F)c1nc(Nc2ccc3c(c2)CCC(N2CCCC2)CC3)n(-c2cccc(-c3ncn[nH]3)n2)n1. The zero-order valence-corrected chi connectivity index (χ0v) is 20.0. The molecule has 0 radical (unpaired) electrons. The fraction of sp³-hybridized carbons (Fsp3) is 0.400. The Hall–Kier alpha value is -3.80. The minimum Gasteiger partial charge on any atom is -0.324 e. The number of nitrogens with one attached hydrogen (secondary N) is 2. The Bertz CT molecular complexity index is 1370. The van der Waals surface area contributed by atoms with Crippen LogP contribution in [0.25, 0.3) is 17.3 Å². The number of anilines is 2. The third-order valence-electron chi connectivity index (χ3n) is 7.08. The Kier molecular flexibility index (Phi) is 6.11. The van der Waals surface area contributed by atoms with Gasteiger partial charge in [0.05, 0.1) is 0 Å². The number of hydrogen-bond donors (Lipinski definition) is 2. The van der Waals surface area contributed by atoms with Gasteiger partial charge >= 0.3 is 6.18 Å². The molecule has 0 saturated carbocycles. The average Bonchev–Trinajstić information content (AvgIpc) is 3.65. The molecule has 1 fully saturated rings. The number of alkyl halides is 3. The zero-order chi connectivity index (χ0) is 25.4. The second kappa shape index (κ2) is 9.58. The van der Waals surface area contributed by atoms with E-state index < -0.39 is 12.0 Å². The molecule has 37 heavy (non-hydrogen) atoms. The molecule has 0 bridgehead atoms. The summed E-state index contributed by atoms with van der Waals surface area (Å²) in [5.41, 5.74) is 3.60. The van der Waals surface area contributed by atoms with Crippen LogP contribution in [0.15, 0.2) is 42.7 Å². The van der Waals surface area contributed by atoms with Crippen molar-refractivity contribution < 1.29 is 13.2 Å². The minimum atomic E-state index is -4.71. The molecule has 1 unspecified atom stereocenters. The maximum Gasteiger partial charge on any atom is 0.453 e. The second-order valence-corrected chi connectivity index (χ2v) is 9.47. The first-order valence-corrected chi connectivity index (χ1v) is 12.4. The molecule has 2 aliphatic rings. The molecule has 0 spiro atoms. The van der Waals surface area contributed by atoms with Crippen LogP contribution in [0.1, 0.15) is 42.6 Å². The van der Waals surface area contributed by atoms with Gasteiger partial charge in [0.15, 0.2) is 11.6 Å². The summed E-state index contributed by atoms with van der Waals surface area (Å²) in [6, 6.07) is 11.5. The highest BCUT2D eigenvalue weighted by molar-refractivity contribution is 5.58. The summed E-state index contributed by atoms with van der Waals surface area (Å²) in [6.45, 7) is 2.35. The number of likely N-dealkylation sites (tertiary alicyclic amines) is 1. The van der Waals surface area contributed by atoms with Crippen LogP contribution in [0.5, 0.6) is 0 Å². The van der Waals surface area contributed by atoms with E-state index in [0.29, 0.717) is 23.2 Å². The van der Waals surface area contributed by atoms with Crippen LogP contribution in [0.2, 0.25) is 0 Å². The van der Waals surface area contributed by atoms with Crippen molar-refractivity contribution in [2.45, 2.75) is 50.7 Å². The molecule has 1 aliphatic carbocycles. The molecule has 0 amide bonds. The molecule has 4 aromatic rings. The van der Waals surface area contributed by atoms with Crippen molar-refractivity contribution in [3.05, 3.63) is 59.7 Å². The lowest BCUT2D eigenvalue weighted by atomic mass is 10.0. The maximum absolute atomic E-state index is 13.6. The monoisotopic (exact) mass is 509 g/mol. The van der Waals surface area contributed by atoms with Gasteiger partial charge in [-0.05, 0) is 87.0 Å². The van der Waals surface area contributed by atoms with E-state index in [-0.39, 0.29) is 11.8 Å². The van der Waals surface area contributed by atoms with Gasteiger partial charge < -0.3 is 10.2 Å². The lowest BCUT2D eigenvalue weighted by Crippen LogP contribution is -2.32. The fourth-order valence-corrected chi connectivity index (χ4v) is 5.24. The molecule has 1 aliphatic heterocycles. The van der Waals surface area contributed by atoms with Crippen molar-refractivity contribution in [3.63, 3.8) is 0 Å².